The molecule has 3 aromatic rings. The maximum atomic E-state index is 13.1. The van der Waals surface area contributed by atoms with E-state index in [2.05, 4.69) is 4.72 Å². The van der Waals surface area contributed by atoms with Gasteiger partial charge in [-0.3, -0.25) is 4.72 Å². The number of rotatable bonds is 11. The molecule has 34 heavy (non-hydrogen) atoms. The Morgan fingerprint density at radius 2 is 1.79 bits per heavy atom. The molecule has 180 valence electrons. The Hall–Kier alpha value is -3.41. The Morgan fingerprint density at radius 1 is 1.09 bits per heavy atom. The van der Waals surface area contributed by atoms with Crippen molar-refractivity contribution in [1.82, 2.24) is 0 Å². The van der Waals surface area contributed by atoms with E-state index >= 15 is 0 Å². The molecule has 0 fully saturated rings. The van der Waals surface area contributed by atoms with Crippen LogP contribution in [0.1, 0.15) is 10.4 Å². The minimum atomic E-state index is -4.13. The Balaban J connectivity index is 2.11. The first-order chi connectivity index (χ1) is 16.3. The number of carboxylic acid groups (broad SMARTS) is 1. The van der Waals surface area contributed by atoms with E-state index in [1.54, 1.807) is 36.4 Å². The number of anilines is 1. The van der Waals surface area contributed by atoms with E-state index in [4.69, 9.17) is 14.2 Å². The van der Waals surface area contributed by atoms with Crippen molar-refractivity contribution < 1.29 is 37.6 Å². The van der Waals surface area contributed by atoms with Crippen molar-refractivity contribution in [1.29, 1.82) is 0 Å². The molecule has 0 aliphatic rings. The number of benzene rings is 3. The lowest BCUT2D eigenvalue weighted by molar-refractivity contribution is -0.255. The van der Waals surface area contributed by atoms with Crippen molar-refractivity contribution in [3.8, 4) is 23.0 Å². The van der Waals surface area contributed by atoms with Crippen LogP contribution in [0.3, 0.4) is 0 Å². The highest BCUT2D eigenvalue weighted by molar-refractivity contribution is 7.98. The monoisotopic (exact) mass is 504 g/mol. The van der Waals surface area contributed by atoms with Crippen molar-refractivity contribution in [2.24, 2.45) is 0 Å². The van der Waals surface area contributed by atoms with Crippen molar-refractivity contribution in [3.63, 3.8) is 0 Å². The van der Waals surface area contributed by atoms with E-state index in [9.17, 15) is 23.4 Å². The van der Waals surface area contributed by atoms with Crippen LogP contribution in [0.15, 0.2) is 70.5 Å². The molecule has 0 saturated heterocycles. The summed E-state index contributed by atoms with van der Waals surface area (Å²) in [5.41, 5.74) is -0.534. The van der Waals surface area contributed by atoms with Gasteiger partial charge in [0.15, 0.2) is 11.5 Å². The SMILES string of the molecule is COc1cccc(Oc2c(NS(=O)(=O)c3ccc(SC)cc3)cc(C(=O)[O-])cc2OCCO)c1. The number of aliphatic hydroxyl groups excluding tert-OH is 1. The number of hydrogen-bond donors (Lipinski definition) is 2. The van der Waals surface area contributed by atoms with Crippen LogP contribution >= 0.6 is 11.8 Å². The number of aromatic carboxylic acids is 1. The van der Waals surface area contributed by atoms with E-state index in [-0.39, 0.29) is 46.6 Å². The van der Waals surface area contributed by atoms with E-state index in [1.807, 2.05) is 6.26 Å². The fraction of sp³-hybridized carbons (Fsp3) is 0.174. The fourth-order valence-electron chi connectivity index (χ4n) is 2.91. The predicted octanol–water partition coefficient (Wildman–Crippen LogP) is 2.74. The number of carbonyl (C=O) groups excluding carboxylic acids is 1. The van der Waals surface area contributed by atoms with Crippen LogP contribution < -0.4 is 24.0 Å². The minimum absolute atomic E-state index is 0.0330. The summed E-state index contributed by atoms with van der Waals surface area (Å²) in [5.74, 6) is -0.992. The number of methoxy groups -OCH3 is 1. The molecule has 0 aliphatic carbocycles. The molecule has 9 nitrogen and oxygen atoms in total. The summed E-state index contributed by atoms with van der Waals surface area (Å²) in [6.45, 7) is -0.551. The molecule has 0 aliphatic heterocycles. The lowest BCUT2D eigenvalue weighted by atomic mass is 10.1. The van der Waals surface area contributed by atoms with E-state index < -0.39 is 16.0 Å². The van der Waals surface area contributed by atoms with E-state index in [0.29, 0.717) is 5.75 Å². The molecule has 0 heterocycles. The van der Waals surface area contributed by atoms with Gasteiger partial charge in [0.25, 0.3) is 10.0 Å². The molecule has 0 atom stereocenters. The normalized spacial score (nSPS) is 11.0. The van der Waals surface area contributed by atoms with Crippen LogP contribution in [0, 0.1) is 0 Å². The van der Waals surface area contributed by atoms with Gasteiger partial charge < -0.3 is 29.2 Å². The first-order valence-electron chi connectivity index (χ1n) is 9.89. The molecule has 0 unspecified atom stereocenters. The van der Waals surface area contributed by atoms with Crippen LogP contribution in [0.5, 0.6) is 23.0 Å². The van der Waals surface area contributed by atoms with E-state index in [1.165, 1.54) is 31.0 Å². The minimum Gasteiger partial charge on any atom is -0.545 e. The second kappa shape index (κ2) is 11.1. The van der Waals surface area contributed by atoms with E-state index in [0.717, 1.165) is 17.0 Å². The number of carboxylic acids is 1. The van der Waals surface area contributed by atoms with Crippen molar-refractivity contribution in [2.75, 3.05) is 31.3 Å². The second-order valence-electron chi connectivity index (χ2n) is 6.77. The first-order valence-corrected chi connectivity index (χ1v) is 12.6. The van der Waals surface area contributed by atoms with Crippen molar-refractivity contribution >= 4 is 33.4 Å². The molecule has 3 rings (SSSR count). The average Bonchev–Trinajstić information content (AvgIpc) is 2.83. The highest BCUT2D eigenvalue weighted by atomic mass is 32.2. The molecule has 0 bridgehead atoms. The zero-order chi connectivity index (χ0) is 24.7. The maximum absolute atomic E-state index is 13.1. The number of aliphatic hydroxyl groups is 1. The Bertz CT molecular complexity index is 1260. The van der Waals surface area contributed by atoms with Gasteiger partial charge in [0, 0.05) is 16.5 Å². The predicted molar refractivity (Wildman–Crippen MR) is 125 cm³/mol. The van der Waals surface area contributed by atoms with Crippen LogP contribution in [0.2, 0.25) is 0 Å². The molecule has 11 heteroatoms. The second-order valence-corrected chi connectivity index (χ2v) is 9.33. The van der Waals surface area contributed by atoms with Crippen LogP contribution in [-0.4, -0.2) is 46.1 Å². The Morgan fingerprint density at radius 3 is 2.41 bits per heavy atom. The Kier molecular flexibility index (Phi) is 8.26. The van der Waals surface area contributed by atoms with Crippen LogP contribution in [0.4, 0.5) is 5.69 Å². The summed E-state index contributed by atoms with van der Waals surface area (Å²) in [5, 5.41) is 20.8. The van der Waals surface area contributed by atoms with Gasteiger partial charge in [0.2, 0.25) is 0 Å². The number of carbonyl (C=O) groups is 1. The topological polar surface area (TPSA) is 134 Å². The van der Waals surface area contributed by atoms with Gasteiger partial charge >= 0.3 is 0 Å². The van der Waals surface area contributed by atoms with Crippen molar-refractivity contribution in [2.45, 2.75) is 9.79 Å². The first kappa shape index (κ1) is 25.2. The Labute approximate surface area is 201 Å². The molecule has 0 aromatic heterocycles. The van der Waals surface area contributed by atoms with Gasteiger partial charge in [-0.25, -0.2) is 8.42 Å². The molecule has 0 saturated carbocycles. The van der Waals surface area contributed by atoms with Gasteiger partial charge in [-0.2, -0.15) is 0 Å². The fourth-order valence-corrected chi connectivity index (χ4v) is 4.37. The third kappa shape index (κ3) is 6.13. The van der Waals surface area contributed by atoms with Gasteiger partial charge in [-0.05, 0) is 54.8 Å². The van der Waals surface area contributed by atoms with Crippen LogP contribution in [-0.2, 0) is 10.0 Å². The summed E-state index contributed by atoms with van der Waals surface area (Å²) in [7, 11) is -2.65. The summed E-state index contributed by atoms with van der Waals surface area (Å²) in [6.07, 6.45) is 1.86. The number of nitrogens with one attached hydrogen (secondary N) is 1. The quantitative estimate of drug-likeness (QED) is 0.378. The molecule has 0 spiro atoms. The summed E-state index contributed by atoms with van der Waals surface area (Å²) < 4.78 is 45.1. The van der Waals surface area contributed by atoms with Crippen molar-refractivity contribution in [3.05, 3.63) is 66.2 Å². The lowest BCUT2D eigenvalue weighted by Gasteiger charge is -2.19. The molecule has 0 radical (unpaired) electrons. The van der Waals surface area contributed by atoms with Gasteiger partial charge in [-0.15, -0.1) is 11.8 Å². The molecular weight excluding hydrogens is 482 g/mol. The zero-order valence-electron chi connectivity index (χ0n) is 18.3. The number of hydrogen-bond acceptors (Lipinski definition) is 9. The highest BCUT2D eigenvalue weighted by Crippen LogP contribution is 2.41. The van der Waals surface area contributed by atoms with Crippen LogP contribution in [0.25, 0.3) is 0 Å². The van der Waals surface area contributed by atoms with Gasteiger partial charge in [0.05, 0.1) is 30.3 Å². The lowest BCUT2D eigenvalue weighted by Crippen LogP contribution is -2.23. The third-order valence-electron chi connectivity index (χ3n) is 4.51. The van der Waals surface area contributed by atoms with Gasteiger partial charge in [-0.1, -0.05) is 6.07 Å². The number of thioether (sulfide) groups is 1. The molecule has 0 amide bonds. The molecule has 2 N–H and O–H groups in total. The maximum Gasteiger partial charge on any atom is 0.262 e. The standard InChI is InChI=1S/C23H23NO8S2/c1-30-16-4-3-5-17(14-16)32-22-20(12-15(23(26)27)13-21(22)31-11-10-25)24-34(28,29)19-8-6-18(33-2)7-9-19/h3-9,12-14,24-25H,10-11H2,1-2H3,(H,26,27)/p-1. The summed E-state index contributed by atoms with van der Waals surface area (Å²) >= 11 is 1.46. The summed E-state index contributed by atoms with van der Waals surface area (Å²) in [4.78, 5) is 12.4. The van der Waals surface area contributed by atoms with Gasteiger partial charge in [0.1, 0.15) is 18.1 Å². The zero-order valence-corrected chi connectivity index (χ0v) is 19.9. The number of ether oxygens (including phenoxy) is 3. The largest absolute Gasteiger partial charge is 0.545 e. The molecular formula is C23H22NO8S2-. The third-order valence-corrected chi connectivity index (χ3v) is 6.64. The molecule has 3 aromatic carbocycles. The number of sulfonamides is 1. The highest BCUT2D eigenvalue weighted by Gasteiger charge is 2.22. The summed E-state index contributed by atoms with van der Waals surface area (Å²) in [6, 6.07) is 14.9. The smallest absolute Gasteiger partial charge is 0.262 e. The average molecular weight is 505 g/mol.